The summed E-state index contributed by atoms with van der Waals surface area (Å²) in [4.78, 5) is 24.8. The second kappa shape index (κ2) is 11.1. The molecule has 1 aromatic heterocycles. The van der Waals surface area contributed by atoms with Gasteiger partial charge in [-0.3, -0.25) is 9.59 Å². The molecule has 32 heavy (non-hydrogen) atoms. The Labute approximate surface area is 191 Å². The smallest absolute Gasteiger partial charge is 0.234 e. The number of hydrogen-bond acceptors (Lipinski definition) is 6. The Morgan fingerprint density at radius 2 is 1.84 bits per heavy atom. The zero-order chi connectivity index (χ0) is 22.9. The predicted octanol–water partition coefficient (Wildman–Crippen LogP) is 3.69. The highest BCUT2D eigenvalue weighted by atomic mass is 32.2. The predicted molar refractivity (Wildman–Crippen MR) is 126 cm³/mol. The van der Waals surface area contributed by atoms with Gasteiger partial charge in [0.25, 0.3) is 0 Å². The van der Waals surface area contributed by atoms with Gasteiger partial charge in [-0.25, -0.2) is 0 Å². The van der Waals surface area contributed by atoms with Gasteiger partial charge < -0.3 is 19.9 Å². The fourth-order valence-electron chi connectivity index (χ4n) is 2.94. The van der Waals surface area contributed by atoms with Crippen molar-refractivity contribution in [3.05, 3.63) is 72.6 Å². The average molecular weight is 452 g/mol. The van der Waals surface area contributed by atoms with Gasteiger partial charge >= 0.3 is 0 Å². The number of nitrogens with zero attached hydrogens (tertiary/aromatic N) is 3. The first-order valence-corrected chi connectivity index (χ1v) is 10.9. The van der Waals surface area contributed by atoms with Crippen LogP contribution < -0.4 is 15.4 Å². The second-order valence-electron chi connectivity index (χ2n) is 6.96. The zero-order valence-corrected chi connectivity index (χ0v) is 18.8. The first kappa shape index (κ1) is 23.1. The molecule has 166 valence electrons. The molecule has 0 atom stereocenters. The largest absolute Gasteiger partial charge is 0.497 e. The number of rotatable bonds is 10. The van der Waals surface area contributed by atoms with E-state index in [1.807, 2.05) is 31.2 Å². The van der Waals surface area contributed by atoms with E-state index in [2.05, 4.69) is 27.4 Å². The second-order valence-corrected chi connectivity index (χ2v) is 7.90. The van der Waals surface area contributed by atoms with Gasteiger partial charge in [0.15, 0.2) is 5.16 Å². The van der Waals surface area contributed by atoms with Gasteiger partial charge in [-0.15, -0.1) is 16.8 Å². The Morgan fingerprint density at radius 1 is 1.09 bits per heavy atom. The molecule has 0 bridgehead atoms. The minimum Gasteiger partial charge on any atom is -0.497 e. The number of thioether (sulfide) groups is 1. The van der Waals surface area contributed by atoms with Gasteiger partial charge in [-0.2, -0.15) is 0 Å². The number of carbonyl (C=O) groups excluding carboxylic acids is 2. The van der Waals surface area contributed by atoms with Crippen LogP contribution >= 0.6 is 11.8 Å². The van der Waals surface area contributed by atoms with Crippen LogP contribution in [0.5, 0.6) is 5.75 Å². The summed E-state index contributed by atoms with van der Waals surface area (Å²) in [6, 6.07) is 14.7. The van der Waals surface area contributed by atoms with Gasteiger partial charge in [0.2, 0.25) is 11.8 Å². The molecule has 1 heterocycles. The van der Waals surface area contributed by atoms with E-state index in [1.54, 1.807) is 42.0 Å². The zero-order valence-electron chi connectivity index (χ0n) is 18.0. The van der Waals surface area contributed by atoms with Crippen LogP contribution in [0, 0.1) is 6.92 Å². The Bertz CT molecular complexity index is 1100. The standard InChI is InChI=1S/C23H25N5O3S/c1-4-12-28-20(14-21(29)25-18-7-5-6-16(2)13-18)26-27-23(28)32-15-22(30)24-17-8-10-19(31-3)11-9-17/h4-11,13H,1,12,14-15H2,2-3H3,(H,24,30)(H,25,29). The molecule has 0 aliphatic carbocycles. The molecule has 2 aromatic carbocycles. The molecular weight excluding hydrogens is 426 g/mol. The number of amides is 2. The van der Waals surface area contributed by atoms with Crippen LogP contribution in [-0.2, 0) is 22.6 Å². The molecule has 3 rings (SSSR count). The van der Waals surface area contributed by atoms with Gasteiger partial charge in [-0.1, -0.05) is 30.0 Å². The average Bonchev–Trinajstić information content (AvgIpc) is 3.14. The summed E-state index contributed by atoms with van der Waals surface area (Å²) in [6.07, 6.45) is 1.76. The topological polar surface area (TPSA) is 98.1 Å². The Kier molecular flexibility index (Phi) is 8.04. The number of carbonyl (C=O) groups is 2. The monoisotopic (exact) mass is 451 g/mol. The van der Waals surface area contributed by atoms with E-state index in [0.29, 0.717) is 29.0 Å². The van der Waals surface area contributed by atoms with E-state index in [0.717, 1.165) is 11.3 Å². The van der Waals surface area contributed by atoms with Gasteiger partial charge in [0, 0.05) is 17.9 Å². The van der Waals surface area contributed by atoms with Crippen molar-refractivity contribution in [2.24, 2.45) is 0 Å². The number of ether oxygens (including phenoxy) is 1. The summed E-state index contributed by atoms with van der Waals surface area (Å²) in [5.74, 6) is 1.01. The van der Waals surface area contributed by atoms with E-state index >= 15 is 0 Å². The maximum absolute atomic E-state index is 12.5. The third-order valence-electron chi connectivity index (χ3n) is 4.43. The van der Waals surface area contributed by atoms with Crippen LogP contribution in [0.25, 0.3) is 0 Å². The summed E-state index contributed by atoms with van der Waals surface area (Å²) in [6.45, 7) is 6.16. The number of anilines is 2. The molecule has 8 nitrogen and oxygen atoms in total. The van der Waals surface area contributed by atoms with Crippen molar-refractivity contribution < 1.29 is 14.3 Å². The van der Waals surface area contributed by atoms with Crippen LogP contribution in [0.2, 0.25) is 0 Å². The highest BCUT2D eigenvalue weighted by Gasteiger charge is 2.16. The minimum atomic E-state index is -0.192. The lowest BCUT2D eigenvalue weighted by Crippen LogP contribution is -2.18. The number of benzene rings is 2. The summed E-state index contributed by atoms with van der Waals surface area (Å²) >= 11 is 1.25. The fraction of sp³-hybridized carbons (Fsp3) is 0.217. The minimum absolute atomic E-state index is 0.0629. The van der Waals surface area contributed by atoms with E-state index in [4.69, 9.17) is 4.74 Å². The van der Waals surface area contributed by atoms with Crippen LogP contribution in [0.3, 0.4) is 0 Å². The Morgan fingerprint density at radius 3 is 2.53 bits per heavy atom. The van der Waals surface area contributed by atoms with Crippen LogP contribution in [0.1, 0.15) is 11.4 Å². The summed E-state index contributed by atoms with van der Waals surface area (Å²) in [5.41, 5.74) is 2.47. The normalized spacial score (nSPS) is 10.4. The molecule has 0 saturated carbocycles. The third kappa shape index (κ3) is 6.45. The summed E-state index contributed by atoms with van der Waals surface area (Å²) in [7, 11) is 1.59. The number of hydrogen-bond donors (Lipinski definition) is 2. The Hall–Kier alpha value is -3.59. The van der Waals surface area contributed by atoms with Gasteiger partial charge in [0.05, 0.1) is 19.3 Å². The molecule has 3 aromatic rings. The molecule has 2 amide bonds. The lowest BCUT2D eigenvalue weighted by atomic mass is 10.2. The van der Waals surface area contributed by atoms with Crippen molar-refractivity contribution in [3.8, 4) is 5.75 Å². The highest BCUT2D eigenvalue weighted by Crippen LogP contribution is 2.20. The number of aryl methyl sites for hydroxylation is 1. The van der Waals surface area contributed by atoms with Gasteiger partial charge in [0.1, 0.15) is 11.6 Å². The molecule has 0 radical (unpaired) electrons. The lowest BCUT2D eigenvalue weighted by Gasteiger charge is -2.09. The summed E-state index contributed by atoms with van der Waals surface area (Å²) in [5, 5.41) is 14.6. The van der Waals surface area contributed by atoms with E-state index in [9.17, 15) is 9.59 Å². The first-order chi connectivity index (χ1) is 15.5. The molecule has 9 heteroatoms. The van der Waals surface area contributed by atoms with Crippen molar-refractivity contribution in [1.82, 2.24) is 14.8 Å². The van der Waals surface area contributed by atoms with Gasteiger partial charge in [-0.05, 0) is 48.9 Å². The first-order valence-electron chi connectivity index (χ1n) is 9.94. The molecule has 0 unspecified atom stereocenters. The molecule has 0 aliphatic heterocycles. The molecule has 0 saturated heterocycles. The fourth-order valence-corrected chi connectivity index (χ4v) is 3.71. The van der Waals surface area contributed by atoms with Crippen molar-refractivity contribution in [2.45, 2.75) is 25.0 Å². The van der Waals surface area contributed by atoms with Crippen LogP contribution in [0.4, 0.5) is 11.4 Å². The number of nitrogens with one attached hydrogen (secondary N) is 2. The maximum Gasteiger partial charge on any atom is 0.234 e. The van der Waals surface area contributed by atoms with Crippen molar-refractivity contribution in [2.75, 3.05) is 23.5 Å². The molecule has 0 aliphatic rings. The molecule has 0 fully saturated rings. The maximum atomic E-state index is 12.5. The SMILES string of the molecule is C=CCn1c(CC(=O)Nc2cccc(C)c2)nnc1SCC(=O)Nc1ccc(OC)cc1. The lowest BCUT2D eigenvalue weighted by molar-refractivity contribution is -0.116. The van der Waals surface area contributed by atoms with Crippen LogP contribution in [0.15, 0.2) is 66.3 Å². The van der Waals surface area contributed by atoms with Crippen molar-refractivity contribution >= 4 is 35.0 Å². The molecule has 0 spiro atoms. The van der Waals surface area contributed by atoms with E-state index < -0.39 is 0 Å². The number of allylic oxidation sites excluding steroid dienone is 1. The third-order valence-corrected chi connectivity index (χ3v) is 5.40. The van der Waals surface area contributed by atoms with Crippen molar-refractivity contribution in [1.29, 1.82) is 0 Å². The van der Waals surface area contributed by atoms with Crippen molar-refractivity contribution in [3.63, 3.8) is 0 Å². The molecule has 2 N–H and O–H groups in total. The highest BCUT2D eigenvalue weighted by molar-refractivity contribution is 7.99. The van der Waals surface area contributed by atoms with E-state index in [1.165, 1.54) is 11.8 Å². The van der Waals surface area contributed by atoms with Crippen LogP contribution in [-0.4, -0.2) is 39.4 Å². The molecular formula is C23H25N5O3S. The quantitative estimate of drug-likeness (QED) is 0.360. The number of aromatic nitrogens is 3. The Balaban J connectivity index is 1.60. The number of methoxy groups -OCH3 is 1. The van der Waals surface area contributed by atoms with E-state index in [-0.39, 0.29) is 24.0 Å². The summed E-state index contributed by atoms with van der Waals surface area (Å²) < 4.78 is 6.90.